The van der Waals surface area contributed by atoms with Gasteiger partial charge in [-0.25, -0.2) is 4.98 Å². The maximum Gasteiger partial charge on any atom is 0.106 e. The molecular weight excluding hydrogens is 286 g/mol. The Morgan fingerprint density at radius 2 is 2.38 bits per heavy atom. The lowest BCUT2D eigenvalue weighted by Crippen LogP contribution is -2.08. The van der Waals surface area contributed by atoms with Crippen molar-refractivity contribution in [1.29, 1.82) is 0 Å². The highest BCUT2D eigenvalue weighted by Crippen LogP contribution is 2.29. The predicted molar refractivity (Wildman–Crippen MR) is 71.8 cm³/mol. The summed E-state index contributed by atoms with van der Waals surface area (Å²) in [4.78, 5) is 8.96. The summed E-state index contributed by atoms with van der Waals surface area (Å²) in [5, 5.41) is 3.13. The molecule has 0 bridgehead atoms. The van der Waals surface area contributed by atoms with E-state index in [2.05, 4.69) is 43.3 Å². The number of aromatic nitrogens is 2. The van der Waals surface area contributed by atoms with Crippen molar-refractivity contribution in [2.45, 2.75) is 12.8 Å². The van der Waals surface area contributed by atoms with Gasteiger partial charge in [0.15, 0.2) is 0 Å². The van der Waals surface area contributed by atoms with Gasteiger partial charge in [-0.05, 0) is 48.1 Å². The Morgan fingerprint density at radius 1 is 1.50 bits per heavy atom. The van der Waals surface area contributed by atoms with Gasteiger partial charge in [-0.15, -0.1) is 11.3 Å². The highest BCUT2D eigenvalue weighted by molar-refractivity contribution is 9.11. The molecule has 0 saturated carbocycles. The number of rotatable bonds is 5. The van der Waals surface area contributed by atoms with E-state index in [0.717, 1.165) is 34.7 Å². The van der Waals surface area contributed by atoms with Crippen LogP contribution < -0.4 is 5.32 Å². The van der Waals surface area contributed by atoms with E-state index in [1.54, 1.807) is 11.3 Å². The topological polar surface area (TPSA) is 40.7 Å². The van der Waals surface area contributed by atoms with Crippen LogP contribution in [0.3, 0.4) is 0 Å². The molecule has 2 N–H and O–H groups in total. The first kappa shape index (κ1) is 11.8. The van der Waals surface area contributed by atoms with Crippen LogP contribution in [0.25, 0.3) is 10.6 Å². The molecule has 0 aliphatic rings. The zero-order valence-electron chi connectivity index (χ0n) is 9.09. The number of thiophene rings is 1. The van der Waals surface area contributed by atoms with Gasteiger partial charge in [0.2, 0.25) is 0 Å². The van der Waals surface area contributed by atoms with Crippen molar-refractivity contribution in [3.63, 3.8) is 0 Å². The molecule has 3 nitrogen and oxygen atoms in total. The second kappa shape index (κ2) is 5.61. The minimum absolute atomic E-state index is 0.993. The van der Waals surface area contributed by atoms with Crippen LogP contribution in [0.1, 0.15) is 12.2 Å². The third-order valence-corrected chi connectivity index (χ3v) is 3.96. The van der Waals surface area contributed by atoms with Crippen LogP contribution >= 0.6 is 27.3 Å². The summed E-state index contributed by atoms with van der Waals surface area (Å²) >= 11 is 5.18. The predicted octanol–water partition coefficient (Wildman–Crippen LogP) is 3.05. The minimum Gasteiger partial charge on any atom is -0.341 e. The summed E-state index contributed by atoms with van der Waals surface area (Å²) in [6, 6.07) is 4.15. The van der Waals surface area contributed by atoms with Gasteiger partial charge in [-0.2, -0.15) is 0 Å². The molecule has 0 amide bonds. The van der Waals surface area contributed by atoms with Gasteiger partial charge in [-0.3, -0.25) is 0 Å². The van der Waals surface area contributed by atoms with Gasteiger partial charge in [0.1, 0.15) is 5.82 Å². The molecule has 0 aliphatic heterocycles. The van der Waals surface area contributed by atoms with Crippen molar-refractivity contribution < 1.29 is 0 Å². The van der Waals surface area contributed by atoms with E-state index in [4.69, 9.17) is 0 Å². The summed E-state index contributed by atoms with van der Waals surface area (Å²) in [5.41, 5.74) is 1.11. The van der Waals surface area contributed by atoms with E-state index < -0.39 is 0 Å². The number of aromatic amines is 1. The summed E-state index contributed by atoms with van der Waals surface area (Å²) in [6.07, 6.45) is 4.01. The molecule has 2 aromatic heterocycles. The number of nitrogens with zero attached hydrogens (tertiary/aromatic N) is 1. The first-order chi connectivity index (χ1) is 7.79. The largest absolute Gasteiger partial charge is 0.341 e. The van der Waals surface area contributed by atoms with Crippen molar-refractivity contribution in [3.8, 4) is 10.6 Å². The molecule has 0 aliphatic carbocycles. The number of halogens is 1. The summed E-state index contributed by atoms with van der Waals surface area (Å²) in [5.74, 6) is 1.06. The van der Waals surface area contributed by atoms with Gasteiger partial charge >= 0.3 is 0 Å². The van der Waals surface area contributed by atoms with E-state index in [1.165, 1.54) is 4.88 Å². The Balaban J connectivity index is 2.02. The Morgan fingerprint density at radius 3 is 3.06 bits per heavy atom. The molecule has 0 radical (unpaired) electrons. The third-order valence-electron chi connectivity index (χ3n) is 2.31. The van der Waals surface area contributed by atoms with Crippen LogP contribution in [0.2, 0.25) is 0 Å². The van der Waals surface area contributed by atoms with Crippen molar-refractivity contribution in [3.05, 3.63) is 27.9 Å². The second-order valence-electron chi connectivity index (χ2n) is 3.55. The first-order valence-corrected chi connectivity index (χ1v) is 6.84. The van der Waals surface area contributed by atoms with Crippen molar-refractivity contribution in [1.82, 2.24) is 15.3 Å². The molecule has 0 spiro atoms. The minimum atomic E-state index is 0.993. The van der Waals surface area contributed by atoms with Crippen LogP contribution in [-0.4, -0.2) is 23.6 Å². The summed E-state index contributed by atoms with van der Waals surface area (Å²) in [7, 11) is 1.97. The van der Waals surface area contributed by atoms with Crippen molar-refractivity contribution >= 4 is 27.3 Å². The Labute approximate surface area is 107 Å². The molecule has 2 rings (SSSR count). The number of hydrogen-bond donors (Lipinski definition) is 2. The van der Waals surface area contributed by atoms with Gasteiger partial charge < -0.3 is 10.3 Å². The van der Waals surface area contributed by atoms with E-state index in [0.29, 0.717) is 0 Å². The van der Waals surface area contributed by atoms with Gasteiger partial charge in [0.25, 0.3) is 0 Å². The lowest BCUT2D eigenvalue weighted by Gasteiger charge is -1.96. The van der Waals surface area contributed by atoms with Crippen molar-refractivity contribution in [2.75, 3.05) is 13.6 Å². The number of nitrogens with one attached hydrogen (secondary N) is 2. The number of imidazole rings is 1. The van der Waals surface area contributed by atoms with Crippen LogP contribution in [0.15, 0.2) is 22.1 Å². The average molecular weight is 300 g/mol. The van der Waals surface area contributed by atoms with Gasteiger partial charge in [0.05, 0.1) is 20.6 Å². The molecule has 0 saturated heterocycles. The van der Waals surface area contributed by atoms with Crippen molar-refractivity contribution in [2.24, 2.45) is 0 Å². The quantitative estimate of drug-likeness (QED) is 0.833. The summed E-state index contributed by atoms with van der Waals surface area (Å²) < 4.78 is 1.15. The first-order valence-electron chi connectivity index (χ1n) is 5.24. The average Bonchev–Trinajstić information content (AvgIpc) is 2.87. The second-order valence-corrected chi connectivity index (χ2v) is 6.02. The maximum atomic E-state index is 4.38. The summed E-state index contributed by atoms with van der Waals surface area (Å²) in [6.45, 7) is 1.03. The van der Waals surface area contributed by atoms with Crippen LogP contribution in [0.5, 0.6) is 0 Å². The molecule has 16 heavy (non-hydrogen) atoms. The Kier molecular flexibility index (Phi) is 4.15. The fourth-order valence-corrected chi connectivity index (χ4v) is 2.86. The van der Waals surface area contributed by atoms with Crippen LogP contribution in [-0.2, 0) is 6.42 Å². The van der Waals surface area contributed by atoms with E-state index >= 15 is 0 Å². The number of hydrogen-bond acceptors (Lipinski definition) is 3. The Bertz CT molecular complexity index is 450. The molecular formula is C11H14BrN3S. The molecule has 2 aromatic rings. The van der Waals surface area contributed by atoms with Crippen LogP contribution in [0.4, 0.5) is 0 Å². The fraction of sp³-hybridized carbons (Fsp3) is 0.364. The van der Waals surface area contributed by atoms with E-state index in [-0.39, 0.29) is 0 Å². The molecule has 86 valence electrons. The third kappa shape index (κ3) is 2.93. The lowest BCUT2D eigenvalue weighted by atomic mass is 10.3. The molecule has 0 fully saturated rings. The zero-order chi connectivity index (χ0) is 11.4. The fourth-order valence-electron chi connectivity index (χ4n) is 1.51. The van der Waals surface area contributed by atoms with Gasteiger partial charge in [0, 0.05) is 6.42 Å². The monoisotopic (exact) mass is 299 g/mol. The smallest absolute Gasteiger partial charge is 0.106 e. The zero-order valence-corrected chi connectivity index (χ0v) is 11.5. The number of aryl methyl sites for hydroxylation is 1. The Hall–Kier alpha value is -0.650. The highest BCUT2D eigenvalue weighted by Gasteiger charge is 2.05. The van der Waals surface area contributed by atoms with Crippen LogP contribution in [0, 0.1) is 0 Å². The lowest BCUT2D eigenvalue weighted by molar-refractivity contribution is 0.708. The molecule has 5 heteroatoms. The molecule has 0 unspecified atom stereocenters. The highest BCUT2D eigenvalue weighted by atomic mass is 79.9. The maximum absolute atomic E-state index is 4.38. The standard InChI is InChI=1S/C11H14BrN3S/c1-13-6-2-3-11-14-7-8(15-11)9-4-5-10(12)16-9/h4-5,7,13H,2-3,6H2,1H3,(H,14,15). The van der Waals surface area contributed by atoms with E-state index in [9.17, 15) is 0 Å². The van der Waals surface area contributed by atoms with Gasteiger partial charge in [-0.1, -0.05) is 0 Å². The van der Waals surface area contributed by atoms with E-state index in [1.807, 2.05) is 13.2 Å². The number of H-pyrrole nitrogens is 1. The molecule has 0 aromatic carbocycles. The molecule has 2 heterocycles. The normalized spacial score (nSPS) is 10.9. The SMILES string of the molecule is CNCCCc1ncc(-c2ccc(Br)s2)[nH]1. The molecule has 0 atom stereocenters.